The topological polar surface area (TPSA) is 88.2 Å². The number of sulfonamides is 1. The molecule has 2 aliphatic rings. The van der Waals surface area contributed by atoms with Gasteiger partial charge < -0.3 is 5.32 Å². The highest BCUT2D eigenvalue weighted by Gasteiger charge is 2.39. The number of carbonyl (C=O) groups is 1. The molecule has 0 spiro atoms. The lowest BCUT2D eigenvalue weighted by atomic mass is 9.88. The lowest BCUT2D eigenvalue weighted by Gasteiger charge is -2.23. The highest BCUT2D eigenvalue weighted by Crippen LogP contribution is 2.40. The standard InChI is InChI=1S/C20H14ClF4N3O3S/c21-11-5-6-26-20-16(11)10(8-27-20)19(29)17-13(24)3-4-14(18(17)25)28-32(30,31)15-7-9(22)1-2-12(15)23/h1-3,5-7,10,14,28H,4,8H2,(H,26,27). The van der Waals surface area contributed by atoms with Crippen LogP contribution < -0.4 is 10.0 Å². The fourth-order valence-corrected chi connectivity index (χ4v) is 5.18. The zero-order chi connectivity index (χ0) is 23.2. The van der Waals surface area contributed by atoms with Crippen molar-refractivity contribution in [3.05, 3.63) is 76.0 Å². The van der Waals surface area contributed by atoms with E-state index in [0.29, 0.717) is 18.0 Å². The molecule has 12 heteroatoms. The quantitative estimate of drug-likeness (QED) is 0.624. The lowest BCUT2D eigenvalue weighted by Crippen LogP contribution is -2.38. The molecule has 0 saturated carbocycles. The van der Waals surface area contributed by atoms with Crippen LogP contribution in [0.3, 0.4) is 0 Å². The maximum absolute atomic E-state index is 15.2. The number of carbonyl (C=O) groups excluding carboxylic acids is 1. The minimum Gasteiger partial charge on any atom is -0.369 e. The molecule has 4 rings (SSSR count). The number of fused-ring (bicyclic) bond motifs is 1. The van der Waals surface area contributed by atoms with Gasteiger partial charge in [0.25, 0.3) is 0 Å². The number of nitrogens with zero attached hydrogens (tertiary/aromatic N) is 1. The molecule has 0 bridgehead atoms. The number of pyridine rings is 1. The third-order valence-corrected chi connectivity index (χ3v) is 6.93. The van der Waals surface area contributed by atoms with Crippen molar-refractivity contribution in [2.75, 3.05) is 11.9 Å². The fraction of sp³-hybridized carbons (Fsp3) is 0.200. The van der Waals surface area contributed by atoms with Crippen molar-refractivity contribution in [3.8, 4) is 0 Å². The van der Waals surface area contributed by atoms with E-state index in [1.807, 2.05) is 4.72 Å². The van der Waals surface area contributed by atoms with Gasteiger partial charge in [-0.2, -0.15) is 0 Å². The second-order valence-corrected chi connectivity index (χ2v) is 9.20. The number of hydrogen-bond donors (Lipinski definition) is 2. The normalized spacial score (nSPS) is 20.6. The van der Waals surface area contributed by atoms with Crippen molar-refractivity contribution in [1.29, 1.82) is 0 Å². The van der Waals surface area contributed by atoms with Crippen LogP contribution in [-0.4, -0.2) is 31.8 Å². The maximum atomic E-state index is 15.2. The van der Waals surface area contributed by atoms with Gasteiger partial charge in [0.2, 0.25) is 10.0 Å². The van der Waals surface area contributed by atoms with Crippen LogP contribution in [0.4, 0.5) is 23.4 Å². The molecule has 0 amide bonds. The van der Waals surface area contributed by atoms with E-state index < -0.39 is 67.9 Å². The summed E-state index contributed by atoms with van der Waals surface area (Å²) in [6.07, 6.45) is 1.77. The molecule has 2 N–H and O–H groups in total. The molecule has 2 atom stereocenters. The van der Waals surface area contributed by atoms with Gasteiger partial charge in [0.1, 0.15) is 34.0 Å². The SMILES string of the molecule is O=C(C1=C(F)C(NS(=O)(=O)c2cc(F)ccc2F)CC=C1F)C1CNc2nccc(Cl)c21. The molecule has 6 nitrogen and oxygen atoms in total. The van der Waals surface area contributed by atoms with Crippen molar-refractivity contribution in [3.63, 3.8) is 0 Å². The third-order valence-electron chi connectivity index (χ3n) is 5.12. The summed E-state index contributed by atoms with van der Waals surface area (Å²) in [5.74, 6) is -6.52. The van der Waals surface area contributed by atoms with Crippen LogP contribution in [0.15, 0.2) is 58.7 Å². The fourth-order valence-electron chi connectivity index (χ4n) is 3.61. The molecule has 32 heavy (non-hydrogen) atoms. The molecule has 0 radical (unpaired) electrons. The monoisotopic (exact) mass is 487 g/mol. The van der Waals surface area contributed by atoms with Crippen LogP contribution >= 0.6 is 11.6 Å². The van der Waals surface area contributed by atoms with Gasteiger partial charge in [-0.3, -0.25) is 4.79 Å². The largest absolute Gasteiger partial charge is 0.369 e. The number of Topliss-reactive ketones (excluding diaryl/α,β-unsaturated/α-hetero) is 1. The Kier molecular flexibility index (Phi) is 5.82. The van der Waals surface area contributed by atoms with E-state index in [1.165, 1.54) is 12.3 Å². The van der Waals surface area contributed by atoms with E-state index in [2.05, 4.69) is 10.3 Å². The Hall–Kier alpha value is -2.76. The first-order chi connectivity index (χ1) is 15.1. The second kappa shape index (κ2) is 8.30. The van der Waals surface area contributed by atoms with Crippen LogP contribution in [0, 0.1) is 11.6 Å². The summed E-state index contributed by atoms with van der Waals surface area (Å²) in [6, 6.07) is 1.49. The number of anilines is 1. The Morgan fingerprint density at radius 2 is 1.94 bits per heavy atom. The summed E-state index contributed by atoms with van der Waals surface area (Å²) in [4.78, 5) is 16.0. The van der Waals surface area contributed by atoms with Crippen molar-refractivity contribution >= 4 is 33.2 Å². The van der Waals surface area contributed by atoms with Crippen LogP contribution in [0.25, 0.3) is 0 Å². The van der Waals surface area contributed by atoms with E-state index in [9.17, 15) is 26.4 Å². The van der Waals surface area contributed by atoms with Gasteiger partial charge in [-0.15, -0.1) is 0 Å². The summed E-state index contributed by atoms with van der Waals surface area (Å²) >= 11 is 6.12. The zero-order valence-electron chi connectivity index (χ0n) is 16.0. The summed E-state index contributed by atoms with van der Waals surface area (Å²) in [6.45, 7) is -0.0140. The maximum Gasteiger partial charge on any atom is 0.244 e. The predicted octanol–water partition coefficient (Wildman–Crippen LogP) is 3.92. The molecule has 1 aliphatic heterocycles. The van der Waals surface area contributed by atoms with Gasteiger partial charge in [-0.1, -0.05) is 11.6 Å². The van der Waals surface area contributed by atoms with E-state index in [4.69, 9.17) is 11.6 Å². The van der Waals surface area contributed by atoms with E-state index in [0.717, 1.165) is 12.1 Å². The van der Waals surface area contributed by atoms with Gasteiger partial charge >= 0.3 is 0 Å². The van der Waals surface area contributed by atoms with E-state index in [1.54, 1.807) is 0 Å². The van der Waals surface area contributed by atoms with Gasteiger partial charge in [0.05, 0.1) is 17.5 Å². The Morgan fingerprint density at radius 3 is 2.69 bits per heavy atom. The summed E-state index contributed by atoms with van der Waals surface area (Å²) in [5, 5.41) is 3.01. The van der Waals surface area contributed by atoms with Crippen LogP contribution in [-0.2, 0) is 14.8 Å². The predicted molar refractivity (Wildman–Crippen MR) is 108 cm³/mol. The van der Waals surface area contributed by atoms with Crippen LogP contribution in [0.5, 0.6) is 0 Å². The minimum absolute atomic E-state index is 0.0140. The molecular formula is C20H14ClF4N3O3S. The molecule has 1 aromatic carbocycles. The van der Waals surface area contributed by atoms with Gasteiger partial charge in [-0.25, -0.2) is 35.7 Å². The number of nitrogens with one attached hydrogen (secondary N) is 2. The first-order valence-electron chi connectivity index (χ1n) is 9.25. The van der Waals surface area contributed by atoms with Gasteiger partial charge in [0, 0.05) is 23.3 Å². The number of rotatable bonds is 5. The molecule has 2 aromatic rings. The van der Waals surface area contributed by atoms with E-state index in [-0.39, 0.29) is 17.1 Å². The highest BCUT2D eigenvalue weighted by atomic mass is 35.5. The Bertz CT molecular complexity index is 1300. The first-order valence-corrected chi connectivity index (χ1v) is 11.1. The Labute approximate surface area is 185 Å². The number of hydrogen-bond acceptors (Lipinski definition) is 5. The van der Waals surface area contributed by atoms with Gasteiger partial charge in [0.15, 0.2) is 5.78 Å². The summed E-state index contributed by atoms with van der Waals surface area (Å²) < 4.78 is 83.9. The second-order valence-electron chi connectivity index (χ2n) is 7.11. The van der Waals surface area contributed by atoms with Crippen molar-refractivity contribution in [2.45, 2.75) is 23.3 Å². The number of benzene rings is 1. The molecule has 2 unspecified atom stereocenters. The Morgan fingerprint density at radius 1 is 1.19 bits per heavy atom. The lowest BCUT2D eigenvalue weighted by molar-refractivity contribution is -0.116. The highest BCUT2D eigenvalue weighted by molar-refractivity contribution is 7.89. The smallest absolute Gasteiger partial charge is 0.244 e. The molecule has 0 fully saturated rings. The first kappa shape index (κ1) is 22.4. The zero-order valence-corrected chi connectivity index (χ0v) is 17.6. The summed E-state index contributed by atoms with van der Waals surface area (Å²) in [7, 11) is -4.73. The minimum atomic E-state index is -4.73. The Balaban J connectivity index is 1.67. The summed E-state index contributed by atoms with van der Waals surface area (Å²) in [5.41, 5.74) is -0.667. The number of ketones is 1. The third kappa shape index (κ3) is 3.91. The van der Waals surface area contributed by atoms with Crippen LogP contribution in [0.1, 0.15) is 17.9 Å². The number of allylic oxidation sites excluding steroid dienone is 2. The average Bonchev–Trinajstić information content (AvgIpc) is 3.17. The molecule has 1 aliphatic carbocycles. The van der Waals surface area contributed by atoms with E-state index >= 15 is 4.39 Å². The molecule has 168 valence electrons. The van der Waals surface area contributed by atoms with Crippen molar-refractivity contribution < 1.29 is 30.8 Å². The number of aromatic nitrogens is 1. The number of halogens is 5. The molecule has 2 heterocycles. The molecular weight excluding hydrogens is 474 g/mol. The van der Waals surface area contributed by atoms with Crippen LogP contribution in [0.2, 0.25) is 5.02 Å². The molecule has 1 aromatic heterocycles. The van der Waals surface area contributed by atoms with Gasteiger partial charge in [-0.05, 0) is 36.8 Å². The van der Waals surface area contributed by atoms with Crippen molar-refractivity contribution in [1.82, 2.24) is 9.71 Å². The van der Waals surface area contributed by atoms with Crippen molar-refractivity contribution in [2.24, 2.45) is 0 Å². The average molecular weight is 488 g/mol. The molecule has 0 saturated heterocycles.